The van der Waals surface area contributed by atoms with Crippen molar-refractivity contribution >= 4 is 36.2 Å². The van der Waals surface area contributed by atoms with E-state index in [4.69, 9.17) is 15.3 Å². The third kappa shape index (κ3) is 7.21. The molecule has 1 saturated heterocycles. The van der Waals surface area contributed by atoms with Crippen LogP contribution in [0.15, 0.2) is 20.0 Å². The molecule has 2 aliphatic heterocycles. The molecule has 31 heavy (non-hydrogen) atoms. The monoisotopic (exact) mass is 435 g/mol. The van der Waals surface area contributed by atoms with E-state index >= 15 is 0 Å². The van der Waals surface area contributed by atoms with Crippen LogP contribution in [0.2, 0.25) is 0 Å². The summed E-state index contributed by atoms with van der Waals surface area (Å²) in [6, 6.07) is 0. The minimum Gasteiger partial charge on any atom is -0.462 e. The van der Waals surface area contributed by atoms with Gasteiger partial charge in [0.2, 0.25) is 12.2 Å². The Bertz CT molecular complexity index is 785. The molecule has 0 spiro atoms. The number of hydrogen-bond acceptors (Lipinski definition) is 11. The number of carbonyl (C=O) groups excluding carboxylic acids is 2. The number of nitrogens with two attached hydrogens (primary N) is 1. The molecule has 0 radical (unpaired) electrons. The summed E-state index contributed by atoms with van der Waals surface area (Å²) in [7, 11) is 0. The van der Waals surface area contributed by atoms with Crippen molar-refractivity contribution in [1.82, 2.24) is 10.3 Å². The van der Waals surface area contributed by atoms with Gasteiger partial charge in [0.05, 0.1) is 13.2 Å². The number of hydrogen-bond donors (Lipinski definition) is 2. The van der Waals surface area contributed by atoms with Gasteiger partial charge in [0, 0.05) is 17.0 Å². The molecule has 3 N–H and O–H groups in total. The number of rotatable bonds is 6. The predicted octanol–water partition coefficient (Wildman–Crippen LogP) is 1.04. The van der Waals surface area contributed by atoms with Gasteiger partial charge >= 0.3 is 11.9 Å². The molecule has 2 heterocycles. The smallest absolute Gasteiger partial charge is 0.349 e. The summed E-state index contributed by atoms with van der Waals surface area (Å²) < 4.78 is 9.73. The minimum absolute atomic E-state index is 0.0140. The second-order valence-electron chi connectivity index (χ2n) is 8.69. The van der Waals surface area contributed by atoms with Gasteiger partial charge in [-0.15, -0.1) is 0 Å². The van der Waals surface area contributed by atoms with Gasteiger partial charge in [-0.05, 0) is 54.4 Å². The van der Waals surface area contributed by atoms with E-state index in [0.29, 0.717) is 5.84 Å². The molecule has 0 aliphatic carbocycles. The molecule has 2 aliphatic rings. The summed E-state index contributed by atoms with van der Waals surface area (Å²) >= 11 is 0. The van der Waals surface area contributed by atoms with E-state index in [0.717, 1.165) is 25.3 Å². The van der Waals surface area contributed by atoms with Crippen molar-refractivity contribution in [1.29, 1.82) is 0 Å². The Morgan fingerprint density at radius 2 is 1.68 bits per heavy atom. The Morgan fingerprint density at radius 3 is 2.23 bits per heavy atom. The van der Waals surface area contributed by atoms with Crippen molar-refractivity contribution in [2.45, 2.75) is 71.8 Å². The Hall–Kier alpha value is -2.66. The molecule has 172 valence electrons. The highest BCUT2D eigenvalue weighted by Gasteiger charge is 2.42. The van der Waals surface area contributed by atoms with Crippen LogP contribution in [0.1, 0.15) is 54.4 Å². The lowest BCUT2D eigenvalue weighted by Crippen LogP contribution is -2.61. The largest absolute Gasteiger partial charge is 0.462 e. The molecule has 1 atom stereocenters. The molecule has 0 bridgehead atoms. The van der Waals surface area contributed by atoms with E-state index < -0.39 is 18.2 Å². The number of guanidine groups is 1. The molecule has 11 nitrogen and oxygen atoms in total. The molecule has 1 unspecified atom stereocenters. The van der Waals surface area contributed by atoms with Gasteiger partial charge in [0.1, 0.15) is 18.3 Å². The molecule has 0 saturated carbocycles. The fourth-order valence-corrected chi connectivity index (χ4v) is 4.04. The summed E-state index contributed by atoms with van der Waals surface area (Å²) in [6.45, 7) is 12.3. The Morgan fingerprint density at radius 1 is 1.13 bits per heavy atom. The van der Waals surface area contributed by atoms with Crippen LogP contribution >= 0.6 is 0 Å². The molecular weight excluding hydrogens is 402 g/mol. The second-order valence-corrected chi connectivity index (χ2v) is 8.69. The van der Waals surface area contributed by atoms with Gasteiger partial charge in [-0.3, -0.25) is 5.01 Å². The van der Waals surface area contributed by atoms with Gasteiger partial charge in [0.15, 0.2) is 0 Å². The van der Waals surface area contributed by atoms with Crippen LogP contribution in [0.25, 0.3) is 0 Å². The predicted molar refractivity (Wildman–Crippen MR) is 119 cm³/mol. The minimum atomic E-state index is -0.965. The van der Waals surface area contributed by atoms with Crippen LogP contribution in [0.5, 0.6) is 0 Å². The van der Waals surface area contributed by atoms with Crippen molar-refractivity contribution in [3.8, 4) is 0 Å². The molecule has 0 aromatic heterocycles. The molecular formula is C20H33N7O4. The fraction of sp³-hybridized carbons (Fsp3) is 0.700. The first-order valence-corrected chi connectivity index (χ1v) is 10.4. The third-order valence-electron chi connectivity index (χ3n) is 4.69. The number of aliphatic imine (C=N–C) groups is 4. The first-order chi connectivity index (χ1) is 14.5. The zero-order valence-corrected chi connectivity index (χ0v) is 19.1. The topological polar surface area (TPSA) is 143 Å². The lowest BCUT2D eigenvalue weighted by Gasteiger charge is -2.48. The summed E-state index contributed by atoms with van der Waals surface area (Å²) in [5.74, 6) is 5.68. The number of carbonyl (C=O) groups is 2. The number of nitrogens with one attached hydrogen (secondary N) is 1. The first-order valence-electron chi connectivity index (χ1n) is 10.4. The van der Waals surface area contributed by atoms with Crippen LogP contribution in [0.3, 0.4) is 0 Å². The SMILES string of the molecule is CCOC(=O)C=NC1=NC(N=CC(=O)OCC)N(N)C(C2CC(C)(C)NC(C)(C)C2)=N1. The summed E-state index contributed by atoms with van der Waals surface area (Å²) in [5, 5.41) is 4.95. The summed E-state index contributed by atoms with van der Waals surface area (Å²) in [6.07, 6.45) is 2.62. The maximum absolute atomic E-state index is 11.7. The van der Waals surface area contributed by atoms with Crippen molar-refractivity contribution < 1.29 is 19.1 Å². The van der Waals surface area contributed by atoms with E-state index in [9.17, 15) is 9.59 Å². The van der Waals surface area contributed by atoms with Gasteiger partial charge in [-0.2, -0.15) is 9.98 Å². The van der Waals surface area contributed by atoms with Crippen molar-refractivity contribution in [2.75, 3.05) is 13.2 Å². The number of hydrazine groups is 1. The first kappa shape index (κ1) is 24.6. The Balaban J connectivity index is 2.37. The van der Waals surface area contributed by atoms with Gasteiger partial charge < -0.3 is 14.8 Å². The molecule has 11 heteroatoms. The van der Waals surface area contributed by atoms with E-state index in [1.165, 1.54) is 5.01 Å². The van der Waals surface area contributed by atoms with Crippen molar-refractivity contribution in [2.24, 2.45) is 31.7 Å². The van der Waals surface area contributed by atoms with Gasteiger partial charge in [-0.25, -0.2) is 25.4 Å². The zero-order valence-electron chi connectivity index (χ0n) is 19.1. The molecule has 0 amide bonds. The van der Waals surface area contributed by atoms with E-state index in [2.05, 4.69) is 53.0 Å². The molecule has 1 fully saturated rings. The average molecular weight is 436 g/mol. The maximum atomic E-state index is 11.7. The zero-order chi connectivity index (χ0) is 23.2. The normalized spacial score (nSPS) is 23.6. The maximum Gasteiger partial charge on any atom is 0.349 e. The quantitative estimate of drug-likeness (QED) is 0.360. The Labute approximate surface area is 182 Å². The van der Waals surface area contributed by atoms with Gasteiger partial charge in [-0.1, -0.05) is 0 Å². The highest BCUT2D eigenvalue weighted by molar-refractivity contribution is 6.26. The molecule has 2 rings (SSSR count). The van der Waals surface area contributed by atoms with Crippen LogP contribution in [0, 0.1) is 5.92 Å². The summed E-state index contributed by atoms with van der Waals surface area (Å²) in [4.78, 5) is 40.3. The number of ether oxygens (including phenoxy) is 2. The van der Waals surface area contributed by atoms with E-state index in [1.807, 2.05) is 0 Å². The highest BCUT2D eigenvalue weighted by Crippen LogP contribution is 2.35. The second kappa shape index (κ2) is 10.1. The fourth-order valence-electron chi connectivity index (χ4n) is 4.04. The number of esters is 2. The highest BCUT2D eigenvalue weighted by atomic mass is 16.5. The number of nitrogens with zero attached hydrogens (tertiary/aromatic N) is 5. The standard InChI is InChI=1S/C20H33N7O4/c1-7-30-14(28)11-22-17-24-16(13-9-19(3,4)26-20(5,6)10-13)27(21)18(25-17)23-12-15(29)31-8-2/h11-13,18,26H,7-10,21H2,1-6H3. The lowest BCUT2D eigenvalue weighted by atomic mass is 9.75. The van der Waals surface area contributed by atoms with Crippen LogP contribution < -0.4 is 11.2 Å². The number of piperidine rings is 1. The Kier molecular flexibility index (Phi) is 8.02. The lowest BCUT2D eigenvalue weighted by molar-refractivity contribution is -0.135. The van der Waals surface area contributed by atoms with Crippen LogP contribution in [0.4, 0.5) is 0 Å². The number of amidine groups is 1. The van der Waals surface area contributed by atoms with Crippen molar-refractivity contribution in [3.05, 3.63) is 0 Å². The van der Waals surface area contributed by atoms with E-state index in [1.54, 1.807) is 13.8 Å². The average Bonchev–Trinajstić information content (AvgIpc) is 2.64. The summed E-state index contributed by atoms with van der Waals surface area (Å²) in [5.41, 5.74) is -0.301. The third-order valence-corrected chi connectivity index (χ3v) is 4.69. The van der Waals surface area contributed by atoms with E-state index in [-0.39, 0.29) is 36.2 Å². The van der Waals surface area contributed by atoms with Crippen molar-refractivity contribution in [3.63, 3.8) is 0 Å². The van der Waals surface area contributed by atoms with Crippen LogP contribution in [-0.4, -0.2) is 71.8 Å². The molecule has 0 aromatic rings. The molecule has 0 aromatic carbocycles. The van der Waals surface area contributed by atoms with Gasteiger partial charge in [0.25, 0.3) is 0 Å². The van der Waals surface area contributed by atoms with Crippen LogP contribution in [-0.2, 0) is 19.1 Å².